The summed E-state index contributed by atoms with van der Waals surface area (Å²) in [4.78, 5) is 26.9. The molecule has 0 saturated carbocycles. The van der Waals surface area contributed by atoms with Crippen LogP contribution in [0.4, 0.5) is 11.4 Å². The summed E-state index contributed by atoms with van der Waals surface area (Å²) in [5.74, 6) is -0.574. The summed E-state index contributed by atoms with van der Waals surface area (Å²) >= 11 is 6.38. The van der Waals surface area contributed by atoms with E-state index in [1.807, 2.05) is 57.2 Å². The van der Waals surface area contributed by atoms with Gasteiger partial charge in [0.25, 0.3) is 0 Å². The Balaban J connectivity index is 1.79. The molecule has 26 heavy (non-hydrogen) atoms. The van der Waals surface area contributed by atoms with Gasteiger partial charge in [-0.3, -0.25) is 9.59 Å². The Morgan fingerprint density at radius 2 is 2.00 bits per heavy atom. The first-order valence-electron chi connectivity index (χ1n) is 8.86. The Bertz CT molecular complexity index is 840. The number of amides is 2. The normalized spacial score (nSPS) is 16.8. The van der Waals surface area contributed by atoms with Crippen LogP contribution in [0.25, 0.3) is 0 Å². The number of para-hydroxylation sites is 1. The summed E-state index contributed by atoms with van der Waals surface area (Å²) in [5, 5.41) is 3.53. The summed E-state index contributed by atoms with van der Waals surface area (Å²) in [6.07, 6.45) is 1.04. The first kappa shape index (κ1) is 18.5. The molecule has 1 atom stereocenters. The molecule has 5 heteroatoms. The van der Waals surface area contributed by atoms with E-state index in [0.717, 1.165) is 28.8 Å². The fourth-order valence-electron chi connectivity index (χ4n) is 3.53. The number of benzene rings is 2. The van der Waals surface area contributed by atoms with Crippen molar-refractivity contribution in [1.82, 2.24) is 0 Å². The molecule has 3 rings (SSSR count). The van der Waals surface area contributed by atoms with Gasteiger partial charge in [-0.2, -0.15) is 0 Å². The second kappa shape index (κ2) is 7.50. The minimum Gasteiger partial charge on any atom is -0.326 e. The van der Waals surface area contributed by atoms with E-state index in [2.05, 4.69) is 5.32 Å². The maximum Gasteiger partial charge on any atom is 0.229 e. The Morgan fingerprint density at radius 1 is 1.27 bits per heavy atom. The number of nitrogens with zero attached hydrogens (tertiary/aromatic N) is 1. The van der Waals surface area contributed by atoms with Crippen LogP contribution >= 0.6 is 11.6 Å². The maximum atomic E-state index is 12.7. The lowest BCUT2D eigenvalue weighted by Gasteiger charge is -2.21. The predicted molar refractivity (Wildman–Crippen MR) is 106 cm³/mol. The smallest absolute Gasteiger partial charge is 0.229 e. The summed E-state index contributed by atoms with van der Waals surface area (Å²) in [6, 6.07) is 11.6. The number of hydrogen-bond acceptors (Lipinski definition) is 2. The lowest BCUT2D eigenvalue weighted by Crippen LogP contribution is -2.29. The molecule has 1 N–H and O–H groups in total. The topological polar surface area (TPSA) is 49.4 Å². The SMILES string of the molecule is CCc1ccccc1NC(=O)C1CC(=O)N(c2c(C)cc(C)cc2Cl)C1. The van der Waals surface area contributed by atoms with Gasteiger partial charge in [0.15, 0.2) is 0 Å². The van der Waals surface area contributed by atoms with Crippen LogP contribution in [-0.4, -0.2) is 18.4 Å². The monoisotopic (exact) mass is 370 g/mol. The van der Waals surface area contributed by atoms with Crippen molar-refractivity contribution in [3.8, 4) is 0 Å². The van der Waals surface area contributed by atoms with Crippen LogP contribution < -0.4 is 10.2 Å². The molecule has 1 heterocycles. The van der Waals surface area contributed by atoms with Crippen molar-refractivity contribution in [3.05, 3.63) is 58.1 Å². The molecule has 0 spiro atoms. The zero-order valence-corrected chi connectivity index (χ0v) is 16.1. The fourth-order valence-corrected chi connectivity index (χ4v) is 3.96. The van der Waals surface area contributed by atoms with E-state index in [9.17, 15) is 9.59 Å². The zero-order valence-electron chi connectivity index (χ0n) is 15.3. The Kier molecular flexibility index (Phi) is 5.33. The van der Waals surface area contributed by atoms with Gasteiger partial charge in [-0.05, 0) is 49.1 Å². The van der Waals surface area contributed by atoms with Gasteiger partial charge >= 0.3 is 0 Å². The lowest BCUT2D eigenvalue weighted by molar-refractivity contribution is -0.122. The second-order valence-corrected chi connectivity index (χ2v) is 7.22. The van der Waals surface area contributed by atoms with Crippen molar-refractivity contribution in [2.45, 2.75) is 33.6 Å². The molecule has 2 amide bonds. The van der Waals surface area contributed by atoms with Crippen LogP contribution in [0.3, 0.4) is 0 Å². The summed E-state index contributed by atoms with van der Waals surface area (Å²) in [6.45, 7) is 6.30. The van der Waals surface area contributed by atoms with Crippen LogP contribution in [-0.2, 0) is 16.0 Å². The summed E-state index contributed by atoms with van der Waals surface area (Å²) < 4.78 is 0. The highest BCUT2D eigenvalue weighted by Crippen LogP contribution is 2.35. The fraction of sp³-hybridized carbons (Fsp3) is 0.333. The molecule has 1 saturated heterocycles. The van der Waals surface area contributed by atoms with Gasteiger partial charge in [0, 0.05) is 18.7 Å². The number of anilines is 2. The second-order valence-electron chi connectivity index (χ2n) is 6.82. The van der Waals surface area contributed by atoms with Gasteiger partial charge in [-0.25, -0.2) is 0 Å². The van der Waals surface area contributed by atoms with E-state index in [1.165, 1.54) is 0 Å². The molecule has 1 aliphatic heterocycles. The van der Waals surface area contributed by atoms with Crippen LogP contribution in [0.5, 0.6) is 0 Å². The molecule has 1 unspecified atom stereocenters. The molecule has 2 aromatic rings. The molecular weight excluding hydrogens is 348 g/mol. The molecule has 0 aromatic heterocycles. The van der Waals surface area contributed by atoms with Crippen molar-refractivity contribution in [2.75, 3.05) is 16.8 Å². The van der Waals surface area contributed by atoms with Crippen LogP contribution in [0.1, 0.15) is 30.0 Å². The molecule has 1 aliphatic rings. The molecule has 0 bridgehead atoms. The average molecular weight is 371 g/mol. The van der Waals surface area contributed by atoms with Gasteiger partial charge in [-0.1, -0.05) is 42.8 Å². The first-order chi connectivity index (χ1) is 12.4. The highest BCUT2D eigenvalue weighted by atomic mass is 35.5. The minimum atomic E-state index is -0.385. The van der Waals surface area contributed by atoms with E-state index < -0.39 is 0 Å². The molecule has 4 nitrogen and oxygen atoms in total. The van der Waals surface area contributed by atoms with E-state index >= 15 is 0 Å². The first-order valence-corrected chi connectivity index (χ1v) is 9.24. The molecular formula is C21H23ClN2O2. The van der Waals surface area contributed by atoms with Gasteiger partial charge in [0.1, 0.15) is 0 Å². The largest absolute Gasteiger partial charge is 0.326 e. The molecule has 136 valence electrons. The van der Waals surface area contributed by atoms with Crippen molar-refractivity contribution in [1.29, 1.82) is 0 Å². The van der Waals surface area contributed by atoms with Gasteiger partial charge < -0.3 is 10.2 Å². The number of rotatable bonds is 4. The minimum absolute atomic E-state index is 0.0669. The number of carbonyl (C=O) groups is 2. The third-order valence-electron chi connectivity index (χ3n) is 4.82. The van der Waals surface area contributed by atoms with E-state index in [4.69, 9.17) is 11.6 Å². The predicted octanol–water partition coefficient (Wildman–Crippen LogP) is 4.51. The number of nitrogens with one attached hydrogen (secondary N) is 1. The molecule has 0 aliphatic carbocycles. The summed E-state index contributed by atoms with van der Waals surface area (Å²) in [5.41, 5.74) is 4.61. The number of aryl methyl sites for hydroxylation is 3. The van der Waals surface area contributed by atoms with Crippen molar-refractivity contribution in [2.24, 2.45) is 5.92 Å². The Morgan fingerprint density at radius 3 is 2.69 bits per heavy atom. The van der Waals surface area contributed by atoms with E-state index in [0.29, 0.717) is 17.3 Å². The number of halogens is 1. The van der Waals surface area contributed by atoms with Crippen LogP contribution in [0.2, 0.25) is 5.02 Å². The lowest BCUT2D eigenvalue weighted by atomic mass is 10.1. The Labute approximate surface area is 159 Å². The van der Waals surface area contributed by atoms with Gasteiger partial charge in [-0.15, -0.1) is 0 Å². The summed E-state index contributed by atoms with van der Waals surface area (Å²) in [7, 11) is 0. The maximum absolute atomic E-state index is 12.7. The van der Waals surface area contributed by atoms with E-state index in [-0.39, 0.29) is 24.2 Å². The Hall–Kier alpha value is -2.33. The standard InChI is InChI=1S/C21H23ClN2O2/c1-4-15-7-5-6-8-18(15)23-21(26)16-11-19(25)24(12-16)20-14(3)9-13(2)10-17(20)22/h5-10,16H,4,11-12H2,1-3H3,(H,23,26). The highest BCUT2D eigenvalue weighted by molar-refractivity contribution is 6.34. The van der Waals surface area contributed by atoms with Gasteiger partial charge in [0.05, 0.1) is 16.6 Å². The molecule has 2 aromatic carbocycles. The third kappa shape index (κ3) is 3.61. The molecule has 1 fully saturated rings. The third-order valence-corrected chi connectivity index (χ3v) is 5.11. The van der Waals surface area contributed by atoms with Crippen LogP contribution in [0, 0.1) is 19.8 Å². The number of carbonyl (C=O) groups excluding carboxylic acids is 2. The highest BCUT2D eigenvalue weighted by Gasteiger charge is 2.36. The quantitative estimate of drug-likeness (QED) is 0.860. The van der Waals surface area contributed by atoms with E-state index in [1.54, 1.807) is 4.90 Å². The van der Waals surface area contributed by atoms with Crippen molar-refractivity contribution < 1.29 is 9.59 Å². The van der Waals surface area contributed by atoms with Crippen LogP contribution in [0.15, 0.2) is 36.4 Å². The average Bonchev–Trinajstić information content (AvgIpc) is 2.96. The number of hydrogen-bond donors (Lipinski definition) is 1. The van der Waals surface area contributed by atoms with Crippen molar-refractivity contribution in [3.63, 3.8) is 0 Å². The zero-order chi connectivity index (χ0) is 18.8. The van der Waals surface area contributed by atoms with Gasteiger partial charge in [0.2, 0.25) is 11.8 Å². The van der Waals surface area contributed by atoms with Crippen molar-refractivity contribution >= 4 is 34.8 Å². The molecule has 0 radical (unpaired) electrons.